The van der Waals surface area contributed by atoms with Crippen LogP contribution in [0, 0.1) is 0 Å². The van der Waals surface area contributed by atoms with E-state index in [0.29, 0.717) is 18.5 Å². The van der Waals surface area contributed by atoms with Crippen molar-refractivity contribution in [3.8, 4) is 0 Å². The predicted molar refractivity (Wildman–Crippen MR) is 90.1 cm³/mol. The number of sulfone groups is 1. The summed E-state index contributed by atoms with van der Waals surface area (Å²) in [7, 11) is -1.88. The van der Waals surface area contributed by atoms with E-state index in [0.717, 1.165) is 0 Å². The zero-order valence-electron chi connectivity index (χ0n) is 12.8. The molecule has 2 rings (SSSR count). The lowest BCUT2D eigenvalue weighted by molar-refractivity contribution is -0.155. The monoisotopic (exact) mass is 359 g/mol. The van der Waals surface area contributed by atoms with Gasteiger partial charge in [0.25, 0.3) is 0 Å². The molecular weight excluding hydrogens is 338 g/mol. The van der Waals surface area contributed by atoms with Crippen molar-refractivity contribution in [3.63, 3.8) is 0 Å². The fourth-order valence-electron chi connectivity index (χ4n) is 2.54. The van der Waals surface area contributed by atoms with Crippen LogP contribution in [0.2, 0.25) is 0 Å². The summed E-state index contributed by atoms with van der Waals surface area (Å²) in [6, 6.07) is 8.94. The molecule has 1 N–H and O–H groups in total. The Morgan fingerprint density at radius 3 is 2.70 bits per heavy atom. The molecule has 0 aromatic heterocycles. The maximum absolute atomic E-state index is 11.9. The van der Waals surface area contributed by atoms with E-state index >= 15 is 0 Å². The molecule has 6 nitrogen and oxygen atoms in total. The van der Waals surface area contributed by atoms with Crippen LogP contribution in [0.3, 0.4) is 0 Å². The van der Waals surface area contributed by atoms with Crippen molar-refractivity contribution < 1.29 is 22.7 Å². The molecule has 0 saturated carbocycles. The average Bonchev–Trinajstić information content (AvgIpc) is 3.05. The summed E-state index contributed by atoms with van der Waals surface area (Å²) in [5.74, 6) is -0.478. The number of hydrogen-bond acceptors (Lipinski definition) is 7. The Balaban J connectivity index is 1.97. The first kappa shape index (κ1) is 18.3. The van der Waals surface area contributed by atoms with E-state index in [-0.39, 0.29) is 17.7 Å². The summed E-state index contributed by atoms with van der Waals surface area (Å²) in [5, 5.41) is 2.50. The van der Waals surface area contributed by atoms with Crippen LogP contribution >= 0.6 is 12.6 Å². The number of ether oxygens (including phenoxy) is 2. The molecule has 0 spiro atoms. The topological polar surface area (TPSA) is 81.7 Å². The third-order valence-electron chi connectivity index (χ3n) is 3.85. The lowest BCUT2D eigenvalue weighted by atomic mass is 10.1. The SMILES string of the molecule is COC(=O)[C@@H](OC[C@@H]1C[C@@H](S(=O)(=O)CS)CN1)c1ccccc1. The van der Waals surface area contributed by atoms with Crippen LogP contribution in [0.4, 0.5) is 0 Å². The van der Waals surface area contributed by atoms with Gasteiger partial charge in [-0.25, -0.2) is 13.2 Å². The molecule has 8 heteroatoms. The van der Waals surface area contributed by atoms with Gasteiger partial charge in [-0.05, 0) is 12.0 Å². The number of thiol groups is 1. The van der Waals surface area contributed by atoms with Crippen LogP contribution in [0.25, 0.3) is 0 Å². The van der Waals surface area contributed by atoms with Gasteiger partial charge in [0.15, 0.2) is 15.9 Å². The van der Waals surface area contributed by atoms with Gasteiger partial charge in [0.2, 0.25) is 0 Å². The molecule has 1 aromatic carbocycles. The standard InChI is InChI=1S/C15H21NO5S2/c1-20-15(17)14(11-5-3-2-4-6-11)21-9-12-7-13(8-16-12)23(18,19)10-22/h2-6,12-14,16,22H,7-10H2,1H3/t12-,13+,14-/m0/s1. The van der Waals surface area contributed by atoms with E-state index in [1.807, 2.05) is 18.2 Å². The summed E-state index contributed by atoms with van der Waals surface area (Å²) >= 11 is 3.87. The summed E-state index contributed by atoms with van der Waals surface area (Å²) in [6.45, 7) is 0.610. The zero-order chi connectivity index (χ0) is 16.9. The highest BCUT2D eigenvalue weighted by molar-refractivity contribution is 8.04. The molecule has 3 atom stereocenters. The number of rotatable bonds is 7. The minimum Gasteiger partial charge on any atom is -0.467 e. The minimum atomic E-state index is -3.19. The fourth-order valence-corrected chi connectivity index (χ4v) is 4.25. The quantitative estimate of drug-likeness (QED) is 0.557. The third-order valence-corrected chi connectivity index (χ3v) is 6.67. The Labute approximate surface area is 141 Å². The number of carbonyl (C=O) groups is 1. The first-order chi connectivity index (χ1) is 11.0. The van der Waals surface area contributed by atoms with E-state index in [4.69, 9.17) is 9.47 Å². The zero-order valence-corrected chi connectivity index (χ0v) is 14.6. The van der Waals surface area contributed by atoms with Crippen LogP contribution in [-0.2, 0) is 24.1 Å². The van der Waals surface area contributed by atoms with Crippen LogP contribution in [0.1, 0.15) is 18.1 Å². The summed E-state index contributed by atoms with van der Waals surface area (Å²) in [5.41, 5.74) is 0.705. The Kier molecular flexibility index (Phi) is 6.46. The molecule has 1 saturated heterocycles. The fraction of sp³-hybridized carbons (Fsp3) is 0.533. The molecule has 0 bridgehead atoms. The molecule has 0 unspecified atom stereocenters. The van der Waals surface area contributed by atoms with Crippen molar-refractivity contribution in [1.82, 2.24) is 5.32 Å². The number of carbonyl (C=O) groups excluding carboxylic acids is 1. The summed E-state index contributed by atoms with van der Waals surface area (Å²) < 4.78 is 34.2. The van der Waals surface area contributed by atoms with E-state index in [1.54, 1.807) is 12.1 Å². The van der Waals surface area contributed by atoms with Gasteiger partial charge in [0, 0.05) is 12.6 Å². The van der Waals surface area contributed by atoms with E-state index in [9.17, 15) is 13.2 Å². The largest absolute Gasteiger partial charge is 0.467 e. The van der Waals surface area contributed by atoms with Crippen molar-refractivity contribution in [3.05, 3.63) is 35.9 Å². The van der Waals surface area contributed by atoms with E-state index < -0.39 is 27.2 Å². The molecule has 0 radical (unpaired) electrons. The number of benzene rings is 1. The van der Waals surface area contributed by atoms with Crippen LogP contribution in [0.5, 0.6) is 0 Å². The molecule has 23 heavy (non-hydrogen) atoms. The number of nitrogens with one attached hydrogen (secondary N) is 1. The highest BCUT2D eigenvalue weighted by Crippen LogP contribution is 2.22. The lowest BCUT2D eigenvalue weighted by Crippen LogP contribution is -2.29. The molecule has 128 valence electrons. The first-order valence-electron chi connectivity index (χ1n) is 7.28. The smallest absolute Gasteiger partial charge is 0.339 e. The van der Waals surface area contributed by atoms with Crippen LogP contribution in [0.15, 0.2) is 30.3 Å². The van der Waals surface area contributed by atoms with E-state index in [1.165, 1.54) is 7.11 Å². The molecule has 0 amide bonds. The molecule has 1 aliphatic rings. The number of esters is 1. The molecular formula is C15H21NO5S2. The van der Waals surface area contributed by atoms with Gasteiger partial charge in [-0.2, -0.15) is 12.6 Å². The van der Waals surface area contributed by atoms with Crippen molar-refractivity contribution in [2.45, 2.75) is 23.8 Å². The molecule has 1 aliphatic heterocycles. The number of methoxy groups -OCH3 is 1. The third kappa shape index (κ3) is 4.69. The van der Waals surface area contributed by atoms with Gasteiger partial charge < -0.3 is 14.8 Å². The molecule has 1 aromatic rings. The van der Waals surface area contributed by atoms with Gasteiger partial charge in [-0.15, -0.1) is 0 Å². The second kappa shape index (κ2) is 8.14. The van der Waals surface area contributed by atoms with Crippen molar-refractivity contribution in [2.24, 2.45) is 0 Å². The second-order valence-electron chi connectivity index (χ2n) is 5.40. The van der Waals surface area contributed by atoms with Gasteiger partial charge in [-0.1, -0.05) is 30.3 Å². The van der Waals surface area contributed by atoms with Gasteiger partial charge in [0.05, 0.1) is 24.1 Å². The van der Waals surface area contributed by atoms with Crippen molar-refractivity contribution in [1.29, 1.82) is 0 Å². The van der Waals surface area contributed by atoms with Gasteiger partial charge >= 0.3 is 5.97 Å². The highest BCUT2D eigenvalue weighted by atomic mass is 32.2. The normalized spacial score (nSPS) is 22.7. The Morgan fingerprint density at radius 2 is 2.09 bits per heavy atom. The average molecular weight is 359 g/mol. The Morgan fingerprint density at radius 1 is 1.39 bits per heavy atom. The van der Waals surface area contributed by atoms with Gasteiger partial charge in [0.1, 0.15) is 0 Å². The van der Waals surface area contributed by atoms with Crippen molar-refractivity contribution in [2.75, 3.05) is 25.3 Å². The van der Waals surface area contributed by atoms with Crippen LogP contribution in [-0.4, -0.2) is 51.0 Å². The van der Waals surface area contributed by atoms with E-state index in [2.05, 4.69) is 17.9 Å². The van der Waals surface area contributed by atoms with Crippen LogP contribution < -0.4 is 5.32 Å². The number of hydrogen-bond donors (Lipinski definition) is 2. The van der Waals surface area contributed by atoms with Gasteiger partial charge in [-0.3, -0.25) is 0 Å². The molecule has 1 heterocycles. The Bertz CT molecular complexity index is 620. The second-order valence-corrected chi connectivity index (χ2v) is 8.43. The molecule has 1 fully saturated rings. The lowest BCUT2D eigenvalue weighted by Gasteiger charge is -2.18. The highest BCUT2D eigenvalue weighted by Gasteiger charge is 2.34. The predicted octanol–water partition coefficient (Wildman–Crippen LogP) is 0.950. The Hall–Kier alpha value is -1.09. The summed E-state index contributed by atoms with van der Waals surface area (Å²) in [6.07, 6.45) is -0.366. The summed E-state index contributed by atoms with van der Waals surface area (Å²) in [4.78, 5) is 11.9. The first-order valence-corrected chi connectivity index (χ1v) is 9.63. The maximum atomic E-state index is 11.9. The maximum Gasteiger partial charge on any atom is 0.339 e. The van der Waals surface area contributed by atoms with Crippen molar-refractivity contribution >= 4 is 28.4 Å². The molecule has 0 aliphatic carbocycles. The minimum absolute atomic E-state index is 0.120.